The molecule has 20 heavy (non-hydrogen) atoms. The lowest BCUT2D eigenvalue weighted by Gasteiger charge is -2.12. The second kappa shape index (κ2) is 5.22. The first-order chi connectivity index (χ1) is 9.29. The van der Waals surface area contributed by atoms with Crippen molar-refractivity contribution in [1.82, 2.24) is 4.98 Å². The highest BCUT2D eigenvalue weighted by atomic mass is 19.4. The van der Waals surface area contributed by atoms with Crippen molar-refractivity contribution in [3.05, 3.63) is 33.2 Å². The number of aromatic nitrogens is 1. The van der Waals surface area contributed by atoms with Crippen LogP contribution in [0.15, 0.2) is 20.8 Å². The Morgan fingerprint density at radius 1 is 1.20 bits per heavy atom. The van der Waals surface area contributed by atoms with Gasteiger partial charge in [0.2, 0.25) is 0 Å². The molecule has 7 heteroatoms. The molecule has 0 spiro atoms. The van der Waals surface area contributed by atoms with E-state index < -0.39 is 23.9 Å². The number of pyridine rings is 1. The molecule has 2 heterocycles. The van der Waals surface area contributed by atoms with Gasteiger partial charge in [-0.1, -0.05) is 0 Å². The normalized spacial score (nSPS) is 16.4. The van der Waals surface area contributed by atoms with Crippen LogP contribution >= 0.6 is 0 Å². The summed E-state index contributed by atoms with van der Waals surface area (Å²) < 4.78 is 38.4. The summed E-state index contributed by atoms with van der Waals surface area (Å²) in [5.74, 6) is 0. The largest absolute Gasteiger partial charge is 0.429 e. The summed E-state index contributed by atoms with van der Waals surface area (Å²) in [6.07, 6.45) is -4.95. The number of aliphatic imine (C=N–C) groups is 2. The highest BCUT2D eigenvalue weighted by Gasteiger charge is 2.37. The van der Waals surface area contributed by atoms with Gasteiger partial charge >= 0.3 is 6.18 Å². The number of nitrogens with zero attached hydrogens (tertiary/aromatic N) is 2. The molecule has 1 aromatic heterocycles. The molecule has 4 nitrogen and oxygen atoms in total. The van der Waals surface area contributed by atoms with Gasteiger partial charge < -0.3 is 4.98 Å². The number of hydrogen-bond donors (Lipinski definition) is 1. The van der Waals surface area contributed by atoms with E-state index in [1.54, 1.807) is 19.9 Å². The molecule has 0 saturated heterocycles. The van der Waals surface area contributed by atoms with Crippen LogP contribution in [0.2, 0.25) is 0 Å². The third kappa shape index (κ3) is 2.97. The Kier molecular flexibility index (Phi) is 3.78. The summed E-state index contributed by atoms with van der Waals surface area (Å²) in [6, 6.07) is 1.72. The van der Waals surface area contributed by atoms with Gasteiger partial charge in [0.1, 0.15) is 5.71 Å². The number of H-pyrrole nitrogens is 1. The minimum atomic E-state index is -4.49. The highest BCUT2D eigenvalue weighted by Crippen LogP contribution is 2.22. The highest BCUT2D eigenvalue weighted by molar-refractivity contribution is 6.14. The molecule has 0 unspecified atom stereocenters. The maximum Gasteiger partial charge on any atom is 0.429 e. The fourth-order valence-corrected chi connectivity index (χ4v) is 2.21. The van der Waals surface area contributed by atoms with E-state index in [2.05, 4.69) is 15.0 Å². The molecule has 0 fully saturated rings. The monoisotopic (exact) mass is 285 g/mol. The molecule has 1 aliphatic heterocycles. The Labute approximate surface area is 113 Å². The lowest BCUT2D eigenvalue weighted by Crippen LogP contribution is -2.29. The summed E-state index contributed by atoms with van der Waals surface area (Å²) in [7, 11) is 0. The molecule has 108 valence electrons. The maximum absolute atomic E-state index is 12.8. The predicted molar refractivity (Wildman–Crippen MR) is 70.9 cm³/mol. The van der Waals surface area contributed by atoms with Gasteiger partial charge in [-0.15, -0.1) is 0 Å². The minimum absolute atomic E-state index is 0.0127. The van der Waals surface area contributed by atoms with Gasteiger partial charge in [-0.3, -0.25) is 14.8 Å². The number of halogens is 3. The third-order valence-corrected chi connectivity index (χ3v) is 3.02. The van der Waals surface area contributed by atoms with Crippen molar-refractivity contribution in [3.63, 3.8) is 0 Å². The molecule has 0 aliphatic carbocycles. The number of alkyl halides is 3. The number of aromatic amines is 1. The Morgan fingerprint density at radius 3 is 2.45 bits per heavy atom. The molecular formula is C13H14F3N3O. The first-order valence-electron chi connectivity index (χ1n) is 6.14. The zero-order valence-electron chi connectivity index (χ0n) is 11.1. The van der Waals surface area contributed by atoms with Crippen LogP contribution in [0.1, 0.15) is 23.2 Å². The van der Waals surface area contributed by atoms with Crippen LogP contribution in [0.5, 0.6) is 0 Å². The molecule has 2 rings (SSSR count). The van der Waals surface area contributed by atoms with E-state index in [-0.39, 0.29) is 24.4 Å². The van der Waals surface area contributed by atoms with Gasteiger partial charge in [0.25, 0.3) is 5.56 Å². The number of hydrogen-bond acceptors (Lipinski definition) is 3. The average Bonchev–Trinajstić information content (AvgIpc) is 2.52. The van der Waals surface area contributed by atoms with Gasteiger partial charge in [-0.2, -0.15) is 13.2 Å². The van der Waals surface area contributed by atoms with E-state index >= 15 is 0 Å². The van der Waals surface area contributed by atoms with Crippen molar-refractivity contribution < 1.29 is 13.2 Å². The van der Waals surface area contributed by atoms with Crippen LogP contribution in [0, 0.1) is 13.8 Å². The average molecular weight is 285 g/mol. The van der Waals surface area contributed by atoms with Crippen molar-refractivity contribution in [1.29, 1.82) is 0 Å². The lowest BCUT2D eigenvalue weighted by atomic mass is 10.0. The van der Waals surface area contributed by atoms with Crippen LogP contribution < -0.4 is 5.56 Å². The fourth-order valence-electron chi connectivity index (χ4n) is 2.21. The van der Waals surface area contributed by atoms with Crippen LogP contribution in [-0.2, 0) is 0 Å². The molecule has 1 N–H and O–H groups in total. The second-order valence-electron chi connectivity index (χ2n) is 4.67. The number of rotatable bonds is 1. The Morgan fingerprint density at radius 2 is 1.85 bits per heavy atom. The van der Waals surface area contributed by atoms with Crippen molar-refractivity contribution in [2.75, 3.05) is 13.1 Å². The van der Waals surface area contributed by atoms with E-state index in [1.807, 2.05) is 0 Å². The summed E-state index contributed by atoms with van der Waals surface area (Å²) in [4.78, 5) is 22.2. The standard InChI is InChI=1S/C13H14F3N3O/c1-7-5-8(2)19-12(20)11(7)9-6-10(13(14,15)16)18-4-3-17-9/h5H,3-4,6H2,1-2H3,(H,19,20). The van der Waals surface area contributed by atoms with Crippen molar-refractivity contribution in [2.24, 2.45) is 9.98 Å². The summed E-state index contributed by atoms with van der Waals surface area (Å²) in [5, 5.41) is 0. The van der Waals surface area contributed by atoms with Gasteiger partial charge in [0.05, 0.1) is 24.4 Å². The molecule has 0 saturated carbocycles. The Bertz CT molecular complexity index is 641. The molecular weight excluding hydrogens is 271 g/mol. The van der Waals surface area contributed by atoms with E-state index in [0.717, 1.165) is 0 Å². The fraction of sp³-hybridized carbons (Fsp3) is 0.462. The molecule has 0 amide bonds. The molecule has 1 aliphatic rings. The van der Waals surface area contributed by atoms with Crippen LogP contribution in [-0.4, -0.2) is 35.7 Å². The van der Waals surface area contributed by atoms with Crippen LogP contribution in [0.4, 0.5) is 13.2 Å². The summed E-state index contributed by atoms with van der Waals surface area (Å²) >= 11 is 0. The number of aryl methyl sites for hydroxylation is 2. The number of nitrogens with one attached hydrogen (secondary N) is 1. The summed E-state index contributed by atoms with van der Waals surface area (Å²) in [6.45, 7) is 3.55. The van der Waals surface area contributed by atoms with Crippen molar-refractivity contribution in [2.45, 2.75) is 26.4 Å². The lowest BCUT2D eigenvalue weighted by molar-refractivity contribution is -0.0599. The maximum atomic E-state index is 12.8. The van der Waals surface area contributed by atoms with Crippen molar-refractivity contribution >= 4 is 11.4 Å². The smallest absolute Gasteiger partial charge is 0.326 e. The SMILES string of the molecule is Cc1cc(C)c(C2=NCCN=C(C(F)(F)F)C2)c(=O)[nH]1. The Hall–Kier alpha value is -1.92. The quantitative estimate of drug-likeness (QED) is 0.844. The third-order valence-electron chi connectivity index (χ3n) is 3.02. The first-order valence-corrected chi connectivity index (χ1v) is 6.14. The molecule has 1 aromatic rings. The zero-order chi connectivity index (χ0) is 14.9. The van der Waals surface area contributed by atoms with E-state index in [9.17, 15) is 18.0 Å². The predicted octanol–water partition coefficient (Wildman–Crippen LogP) is 2.19. The topological polar surface area (TPSA) is 57.6 Å². The van der Waals surface area contributed by atoms with Crippen LogP contribution in [0.3, 0.4) is 0 Å². The van der Waals surface area contributed by atoms with Gasteiger partial charge in [-0.05, 0) is 25.5 Å². The second-order valence-corrected chi connectivity index (χ2v) is 4.67. The van der Waals surface area contributed by atoms with E-state index in [1.165, 1.54) is 0 Å². The van der Waals surface area contributed by atoms with Gasteiger partial charge in [0, 0.05) is 12.1 Å². The van der Waals surface area contributed by atoms with E-state index in [0.29, 0.717) is 11.3 Å². The van der Waals surface area contributed by atoms with E-state index in [4.69, 9.17) is 0 Å². The van der Waals surface area contributed by atoms with Crippen LogP contribution in [0.25, 0.3) is 0 Å². The van der Waals surface area contributed by atoms with Crippen molar-refractivity contribution in [3.8, 4) is 0 Å². The molecule has 0 aromatic carbocycles. The van der Waals surface area contributed by atoms with Gasteiger partial charge in [0.15, 0.2) is 0 Å². The minimum Gasteiger partial charge on any atom is -0.326 e. The Balaban J connectivity index is 2.46. The molecule has 0 radical (unpaired) electrons. The summed E-state index contributed by atoms with van der Waals surface area (Å²) in [5.41, 5.74) is 0.355. The first kappa shape index (κ1) is 14.5. The molecule has 0 bridgehead atoms. The van der Waals surface area contributed by atoms with Gasteiger partial charge in [-0.25, -0.2) is 0 Å². The zero-order valence-corrected chi connectivity index (χ0v) is 11.1. The molecule has 0 atom stereocenters.